The molecule has 26 heavy (non-hydrogen) atoms. The third-order valence-electron chi connectivity index (χ3n) is 4.87. The normalized spacial score (nSPS) is 23.5. The number of benzene rings is 2. The van der Waals surface area contributed by atoms with Gasteiger partial charge in [0.2, 0.25) is 9.84 Å². The molecule has 3 rings (SSSR count). The minimum atomic E-state index is -3.57. The standard InChI is InChI=1S/C21H24O4S/c1-16-20(26(23,24)19-10-6-3-7-11-19)13-12-18(21(16)22)15-25-14-17-8-4-2-5-9-17/h2-11,13,16,18,21-22H,12,14-15H2,1H3/t16-,18+,21-/m0/s1. The van der Waals surface area contributed by atoms with Crippen molar-refractivity contribution in [3.05, 3.63) is 77.2 Å². The maximum absolute atomic E-state index is 12.8. The number of hydrogen-bond acceptors (Lipinski definition) is 4. The molecule has 1 aliphatic rings. The number of ether oxygens (including phenoxy) is 1. The molecular formula is C21H24O4S. The van der Waals surface area contributed by atoms with E-state index in [2.05, 4.69) is 0 Å². The fourth-order valence-electron chi connectivity index (χ4n) is 3.33. The maximum atomic E-state index is 12.8. The molecule has 0 unspecified atom stereocenters. The zero-order valence-corrected chi connectivity index (χ0v) is 15.6. The smallest absolute Gasteiger partial charge is 0.202 e. The molecule has 138 valence electrons. The second kappa shape index (κ2) is 8.16. The van der Waals surface area contributed by atoms with Gasteiger partial charge >= 0.3 is 0 Å². The van der Waals surface area contributed by atoms with Gasteiger partial charge in [0.15, 0.2) is 0 Å². The highest BCUT2D eigenvalue weighted by Crippen LogP contribution is 2.35. The van der Waals surface area contributed by atoms with E-state index < -0.39 is 21.9 Å². The fraction of sp³-hybridized carbons (Fsp3) is 0.333. The van der Waals surface area contributed by atoms with Crippen LogP contribution in [-0.4, -0.2) is 26.2 Å². The zero-order valence-electron chi connectivity index (χ0n) is 14.8. The van der Waals surface area contributed by atoms with E-state index in [1.807, 2.05) is 30.3 Å². The van der Waals surface area contributed by atoms with Gasteiger partial charge in [0.05, 0.1) is 29.1 Å². The Kier molecular flexibility index (Phi) is 5.91. The molecule has 1 N–H and O–H groups in total. The largest absolute Gasteiger partial charge is 0.392 e. The topological polar surface area (TPSA) is 63.6 Å². The van der Waals surface area contributed by atoms with Gasteiger partial charge in [0, 0.05) is 11.8 Å². The van der Waals surface area contributed by atoms with Gasteiger partial charge in [-0.3, -0.25) is 0 Å². The molecule has 0 aliphatic heterocycles. The Labute approximate surface area is 155 Å². The van der Waals surface area contributed by atoms with Crippen molar-refractivity contribution in [2.75, 3.05) is 6.61 Å². The summed E-state index contributed by atoms with van der Waals surface area (Å²) in [5.74, 6) is -0.567. The Balaban J connectivity index is 1.67. The van der Waals surface area contributed by atoms with Crippen molar-refractivity contribution >= 4 is 9.84 Å². The molecule has 2 aromatic carbocycles. The first-order chi connectivity index (χ1) is 12.5. The molecule has 4 nitrogen and oxygen atoms in total. The van der Waals surface area contributed by atoms with E-state index in [9.17, 15) is 13.5 Å². The summed E-state index contributed by atoms with van der Waals surface area (Å²) in [5, 5.41) is 10.6. The Bertz CT molecular complexity index is 844. The lowest BCUT2D eigenvalue weighted by molar-refractivity contribution is 0.00130. The van der Waals surface area contributed by atoms with Gasteiger partial charge in [-0.05, 0) is 24.1 Å². The van der Waals surface area contributed by atoms with E-state index in [1.165, 1.54) is 0 Å². The van der Waals surface area contributed by atoms with Crippen LogP contribution in [-0.2, 0) is 21.2 Å². The third kappa shape index (κ3) is 4.06. The molecule has 1 aliphatic carbocycles. The summed E-state index contributed by atoms with van der Waals surface area (Å²) in [7, 11) is -3.57. The minimum absolute atomic E-state index is 0.108. The van der Waals surface area contributed by atoms with Crippen molar-refractivity contribution in [1.82, 2.24) is 0 Å². The molecule has 0 saturated heterocycles. The van der Waals surface area contributed by atoms with E-state index in [0.717, 1.165) is 5.56 Å². The highest BCUT2D eigenvalue weighted by molar-refractivity contribution is 7.95. The van der Waals surface area contributed by atoms with Gasteiger partial charge < -0.3 is 9.84 Å². The molecule has 0 saturated carbocycles. The van der Waals surface area contributed by atoms with E-state index in [4.69, 9.17) is 4.74 Å². The van der Waals surface area contributed by atoms with Crippen LogP contribution < -0.4 is 0 Å². The van der Waals surface area contributed by atoms with Crippen molar-refractivity contribution < 1.29 is 18.3 Å². The molecule has 5 heteroatoms. The van der Waals surface area contributed by atoms with Gasteiger partial charge in [-0.25, -0.2) is 8.42 Å². The Hall–Kier alpha value is -1.95. The van der Waals surface area contributed by atoms with Gasteiger partial charge in [0.1, 0.15) is 0 Å². The Morgan fingerprint density at radius 1 is 1.04 bits per heavy atom. The highest BCUT2D eigenvalue weighted by Gasteiger charge is 2.36. The van der Waals surface area contributed by atoms with Crippen molar-refractivity contribution in [3.63, 3.8) is 0 Å². The molecule has 0 fully saturated rings. The second-order valence-electron chi connectivity index (χ2n) is 6.70. The lowest BCUT2D eigenvalue weighted by Crippen LogP contribution is -2.36. The van der Waals surface area contributed by atoms with Crippen molar-refractivity contribution in [1.29, 1.82) is 0 Å². The van der Waals surface area contributed by atoms with Crippen LogP contribution >= 0.6 is 0 Å². The van der Waals surface area contributed by atoms with Crippen LogP contribution in [0.3, 0.4) is 0 Å². The van der Waals surface area contributed by atoms with Gasteiger partial charge in [-0.15, -0.1) is 0 Å². The molecule has 3 atom stereocenters. The summed E-state index contributed by atoms with van der Waals surface area (Å²) in [6, 6.07) is 18.2. The SMILES string of the molecule is C[C@H]1C(S(=O)(=O)c2ccccc2)=CC[C@H](COCc2ccccc2)[C@H]1O. The van der Waals surface area contributed by atoms with Crippen molar-refractivity contribution in [2.24, 2.45) is 11.8 Å². The van der Waals surface area contributed by atoms with Crippen LogP contribution in [0.4, 0.5) is 0 Å². The fourth-order valence-corrected chi connectivity index (χ4v) is 5.06. The van der Waals surface area contributed by atoms with Crippen molar-refractivity contribution in [3.8, 4) is 0 Å². The summed E-state index contributed by atoms with van der Waals surface area (Å²) in [4.78, 5) is 0.569. The third-order valence-corrected chi connectivity index (χ3v) is 6.92. The van der Waals surface area contributed by atoms with Gasteiger partial charge in [-0.2, -0.15) is 0 Å². The molecule has 0 spiro atoms. The Morgan fingerprint density at radius 3 is 2.31 bits per heavy atom. The van der Waals surface area contributed by atoms with E-state index >= 15 is 0 Å². The molecular weight excluding hydrogens is 348 g/mol. The van der Waals surface area contributed by atoms with Crippen LogP contribution in [0.25, 0.3) is 0 Å². The molecule has 2 aromatic rings. The summed E-state index contributed by atoms with van der Waals surface area (Å²) >= 11 is 0. The number of rotatable bonds is 6. The highest BCUT2D eigenvalue weighted by atomic mass is 32.2. The number of hydrogen-bond donors (Lipinski definition) is 1. The lowest BCUT2D eigenvalue weighted by Gasteiger charge is -2.32. The predicted octanol–water partition coefficient (Wildman–Crippen LogP) is 3.58. The molecule has 0 radical (unpaired) electrons. The summed E-state index contributed by atoms with van der Waals surface area (Å²) in [6.07, 6.45) is 1.49. The minimum Gasteiger partial charge on any atom is -0.392 e. The lowest BCUT2D eigenvalue weighted by atomic mass is 9.85. The predicted molar refractivity (Wildman–Crippen MR) is 101 cm³/mol. The summed E-state index contributed by atoms with van der Waals surface area (Å²) in [5.41, 5.74) is 1.08. The maximum Gasteiger partial charge on any atom is 0.202 e. The van der Waals surface area contributed by atoms with Crippen molar-refractivity contribution in [2.45, 2.75) is 31.0 Å². The number of sulfone groups is 1. The molecule has 0 heterocycles. The first-order valence-electron chi connectivity index (χ1n) is 8.80. The van der Waals surface area contributed by atoms with Gasteiger partial charge in [0.25, 0.3) is 0 Å². The Morgan fingerprint density at radius 2 is 1.65 bits per heavy atom. The van der Waals surface area contributed by atoms with Crippen LogP contribution in [0.1, 0.15) is 18.9 Å². The van der Waals surface area contributed by atoms with Crippen LogP contribution in [0.2, 0.25) is 0 Å². The summed E-state index contributed by atoms with van der Waals surface area (Å²) < 4.78 is 31.4. The number of aliphatic hydroxyl groups excluding tert-OH is 1. The average Bonchev–Trinajstić information content (AvgIpc) is 2.66. The molecule has 0 aromatic heterocycles. The number of allylic oxidation sites excluding steroid dienone is 1. The van der Waals surface area contributed by atoms with E-state index in [-0.39, 0.29) is 10.8 Å². The monoisotopic (exact) mass is 372 g/mol. The van der Waals surface area contributed by atoms with E-state index in [1.54, 1.807) is 43.3 Å². The van der Waals surface area contributed by atoms with Crippen LogP contribution in [0, 0.1) is 11.8 Å². The molecule has 0 bridgehead atoms. The zero-order chi connectivity index (χ0) is 18.6. The summed E-state index contributed by atoms with van der Waals surface area (Å²) in [6.45, 7) is 2.65. The van der Waals surface area contributed by atoms with E-state index in [0.29, 0.717) is 24.5 Å². The van der Waals surface area contributed by atoms with Crippen LogP contribution in [0.5, 0.6) is 0 Å². The molecule has 0 amide bonds. The number of aliphatic hydroxyl groups is 1. The first-order valence-corrected chi connectivity index (χ1v) is 10.3. The van der Waals surface area contributed by atoms with Gasteiger partial charge in [-0.1, -0.05) is 61.5 Å². The quantitative estimate of drug-likeness (QED) is 0.842. The van der Waals surface area contributed by atoms with Crippen LogP contribution in [0.15, 0.2) is 76.5 Å². The first kappa shape index (κ1) is 18.8. The second-order valence-corrected chi connectivity index (χ2v) is 8.65. The average molecular weight is 372 g/mol.